The Balaban J connectivity index is 2.02. The molecule has 1 heterocycles. The van der Waals surface area contributed by atoms with Crippen LogP contribution in [0.15, 0.2) is 17.4 Å². The van der Waals surface area contributed by atoms with Crippen LogP contribution in [0.3, 0.4) is 0 Å². The summed E-state index contributed by atoms with van der Waals surface area (Å²) in [5.41, 5.74) is 0.420. The van der Waals surface area contributed by atoms with Gasteiger partial charge in [-0.2, -0.15) is 0 Å². The molecule has 1 aromatic heterocycles. The molecule has 1 fully saturated rings. The van der Waals surface area contributed by atoms with E-state index in [0.29, 0.717) is 11.9 Å². The van der Waals surface area contributed by atoms with E-state index in [1.54, 1.807) is 18.0 Å². The third kappa shape index (κ3) is 3.30. The monoisotopic (exact) mass is 295 g/mol. The summed E-state index contributed by atoms with van der Waals surface area (Å²) in [7, 11) is 1.83. The molecule has 0 aromatic carbocycles. The number of carbonyl (C=O) groups is 1. The van der Waals surface area contributed by atoms with Crippen LogP contribution in [0.4, 0.5) is 0 Å². The molecule has 5 nitrogen and oxygen atoms in total. The molecule has 2 unspecified atom stereocenters. The molecule has 20 heavy (non-hydrogen) atoms. The summed E-state index contributed by atoms with van der Waals surface area (Å²) in [5.74, 6) is -0.143. The highest BCUT2D eigenvalue weighted by molar-refractivity contribution is 7.99. The normalized spacial score (nSPS) is 25.6. The maximum Gasteiger partial charge on any atom is 0.326 e. The Kier molecular flexibility index (Phi) is 4.99. The lowest BCUT2D eigenvalue weighted by Gasteiger charge is -2.26. The number of esters is 1. The van der Waals surface area contributed by atoms with E-state index >= 15 is 0 Å². The summed E-state index contributed by atoms with van der Waals surface area (Å²) in [6, 6.07) is 1.88. The van der Waals surface area contributed by atoms with Crippen LogP contribution < -0.4 is 5.32 Å². The van der Waals surface area contributed by atoms with Crippen LogP contribution in [0.2, 0.25) is 0 Å². The molecule has 6 heteroatoms. The summed E-state index contributed by atoms with van der Waals surface area (Å²) < 4.78 is 5.20. The zero-order valence-corrected chi connectivity index (χ0v) is 13.0. The van der Waals surface area contributed by atoms with Crippen LogP contribution >= 0.6 is 11.8 Å². The molecule has 110 valence electrons. The number of carbonyl (C=O) groups excluding carboxylic acids is 1. The fourth-order valence-corrected chi connectivity index (χ4v) is 3.74. The molecule has 0 aliphatic heterocycles. The minimum Gasteiger partial charge on any atom is -0.465 e. The van der Waals surface area contributed by atoms with Crippen molar-refractivity contribution in [3.05, 3.63) is 18.0 Å². The van der Waals surface area contributed by atoms with Gasteiger partial charge in [0.1, 0.15) is 5.54 Å². The van der Waals surface area contributed by atoms with Crippen molar-refractivity contribution in [2.24, 2.45) is 0 Å². The first kappa shape index (κ1) is 15.3. The Hall–Kier alpha value is -1.14. The first-order valence-electron chi connectivity index (χ1n) is 6.92. The molecule has 2 rings (SSSR count). The van der Waals surface area contributed by atoms with Crippen molar-refractivity contribution in [1.82, 2.24) is 15.3 Å². The first-order valence-corrected chi connectivity index (χ1v) is 7.80. The molecule has 0 amide bonds. The third-order valence-corrected chi connectivity index (χ3v) is 4.80. The van der Waals surface area contributed by atoms with E-state index in [9.17, 15) is 4.79 Å². The summed E-state index contributed by atoms with van der Waals surface area (Å²) in [6.45, 7) is 4.21. The quantitative estimate of drug-likeness (QED) is 0.661. The van der Waals surface area contributed by atoms with Crippen LogP contribution in [0, 0.1) is 6.92 Å². The number of likely N-dealkylation sites (N-methyl/N-ethyl adjacent to an activating group) is 1. The van der Waals surface area contributed by atoms with Crippen LogP contribution in [0.1, 0.15) is 31.9 Å². The fourth-order valence-electron chi connectivity index (χ4n) is 2.52. The number of thioether (sulfide) groups is 1. The lowest BCUT2D eigenvalue weighted by molar-refractivity contribution is -0.150. The van der Waals surface area contributed by atoms with Crippen LogP contribution in [-0.4, -0.2) is 40.4 Å². The summed E-state index contributed by atoms with van der Waals surface area (Å²) in [6.07, 6.45) is 4.29. The average molecular weight is 295 g/mol. The van der Waals surface area contributed by atoms with Gasteiger partial charge in [0.2, 0.25) is 0 Å². The molecule has 1 N–H and O–H groups in total. The zero-order valence-electron chi connectivity index (χ0n) is 12.2. The van der Waals surface area contributed by atoms with Gasteiger partial charge in [0.25, 0.3) is 0 Å². The molecule has 1 aliphatic carbocycles. The Morgan fingerprint density at radius 3 is 3.10 bits per heavy atom. The highest BCUT2D eigenvalue weighted by Crippen LogP contribution is 2.39. The highest BCUT2D eigenvalue weighted by Gasteiger charge is 2.45. The van der Waals surface area contributed by atoms with Gasteiger partial charge in [0.15, 0.2) is 5.16 Å². The Morgan fingerprint density at radius 2 is 2.45 bits per heavy atom. The molecular weight excluding hydrogens is 274 g/mol. The van der Waals surface area contributed by atoms with Gasteiger partial charge in [0.05, 0.1) is 6.61 Å². The van der Waals surface area contributed by atoms with Crippen molar-refractivity contribution in [3.8, 4) is 0 Å². The van der Waals surface area contributed by atoms with E-state index in [2.05, 4.69) is 15.3 Å². The second-order valence-corrected chi connectivity index (χ2v) is 6.28. The van der Waals surface area contributed by atoms with Crippen molar-refractivity contribution in [2.75, 3.05) is 13.7 Å². The maximum absolute atomic E-state index is 12.1. The number of aryl methyl sites for hydroxylation is 1. The van der Waals surface area contributed by atoms with E-state index in [-0.39, 0.29) is 5.97 Å². The van der Waals surface area contributed by atoms with Gasteiger partial charge < -0.3 is 10.1 Å². The molecule has 1 aliphatic rings. The maximum atomic E-state index is 12.1. The van der Waals surface area contributed by atoms with Crippen LogP contribution in [-0.2, 0) is 9.53 Å². The highest BCUT2D eigenvalue weighted by atomic mass is 32.2. The second-order valence-electron chi connectivity index (χ2n) is 5.02. The molecule has 0 radical (unpaired) electrons. The molecule has 2 atom stereocenters. The van der Waals surface area contributed by atoms with Crippen LogP contribution in [0.5, 0.6) is 0 Å². The van der Waals surface area contributed by atoms with E-state index in [0.717, 1.165) is 30.1 Å². The van der Waals surface area contributed by atoms with E-state index in [1.165, 1.54) is 0 Å². The second kappa shape index (κ2) is 6.54. The van der Waals surface area contributed by atoms with Crippen molar-refractivity contribution in [2.45, 2.75) is 49.1 Å². The number of nitrogens with one attached hydrogen (secondary N) is 1. The average Bonchev–Trinajstić information content (AvgIpc) is 2.84. The molecule has 0 saturated heterocycles. The lowest BCUT2D eigenvalue weighted by Crippen LogP contribution is -2.49. The lowest BCUT2D eigenvalue weighted by atomic mass is 9.98. The number of hydrogen-bond donors (Lipinski definition) is 1. The largest absolute Gasteiger partial charge is 0.465 e. The van der Waals surface area contributed by atoms with Crippen molar-refractivity contribution in [1.29, 1.82) is 0 Å². The number of nitrogens with zero attached hydrogens (tertiary/aromatic N) is 2. The Morgan fingerprint density at radius 1 is 1.65 bits per heavy atom. The number of aromatic nitrogens is 2. The molecule has 1 aromatic rings. The number of hydrogen-bond acceptors (Lipinski definition) is 6. The Labute approximate surface area is 123 Å². The van der Waals surface area contributed by atoms with Crippen molar-refractivity contribution < 1.29 is 9.53 Å². The predicted octanol–water partition coefficient (Wildman–Crippen LogP) is 1.95. The smallest absolute Gasteiger partial charge is 0.326 e. The fraction of sp³-hybridized carbons (Fsp3) is 0.643. The van der Waals surface area contributed by atoms with Gasteiger partial charge in [-0.05, 0) is 46.2 Å². The van der Waals surface area contributed by atoms with Gasteiger partial charge in [-0.25, -0.2) is 9.97 Å². The summed E-state index contributed by atoms with van der Waals surface area (Å²) in [4.78, 5) is 20.8. The van der Waals surface area contributed by atoms with Gasteiger partial charge in [0, 0.05) is 17.1 Å². The van der Waals surface area contributed by atoms with Crippen molar-refractivity contribution >= 4 is 17.7 Å². The third-order valence-electron chi connectivity index (χ3n) is 3.66. The van der Waals surface area contributed by atoms with Crippen molar-refractivity contribution in [3.63, 3.8) is 0 Å². The number of rotatable bonds is 5. The SMILES string of the molecule is CCOC(=O)C1(NC)CCC(Sc2nccc(C)n2)C1. The zero-order chi connectivity index (χ0) is 14.6. The standard InChI is InChI=1S/C14H21N3O2S/c1-4-19-12(18)14(15-3)7-5-11(9-14)20-13-16-8-6-10(2)17-13/h6,8,11,15H,4-5,7,9H2,1-3H3. The minimum atomic E-state index is -0.544. The predicted molar refractivity (Wildman–Crippen MR) is 78.7 cm³/mol. The van der Waals surface area contributed by atoms with Gasteiger partial charge in [-0.15, -0.1) is 0 Å². The molecule has 0 spiro atoms. The van der Waals surface area contributed by atoms with E-state index in [4.69, 9.17) is 4.74 Å². The van der Waals surface area contributed by atoms with E-state index < -0.39 is 5.54 Å². The molecule has 1 saturated carbocycles. The Bertz CT molecular complexity index is 483. The topological polar surface area (TPSA) is 64.1 Å². The van der Waals surface area contributed by atoms with Gasteiger partial charge >= 0.3 is 5.97 Å². The summed E-state index contributed by atoms with van der Waals surface area (Å²) >= 11 is 1.65. The first-order chi connectivity index (χ1) is 9.59. The van der Waals surface area contributed by atoms with Gasteiger partial charge in [-0.3, -0.25) is 4.79 Å². The molecular formula is C14H21N3O2S. The number of ether oxygens (including phenoxy) is 1. The molecule has 0 bridgehead atoms. The van der Waals surface area contributed by atoms with Crippen LogP contribution in [0.25, 0.3) is 0 Å². The minimum absolute atomic E-state index is 0.143. The van der Waals surface area contributed by atoms with E-state index in [1.807, 2.05) is 27.0 Å². The summed E-state index contributed by atoms with van der Waals surface area (Å²) in [5, 5.41) is 4.28. The van der Waals surface area contributed by atoms with Gasteiger partial charge in [-0.1, -0.05) is 11.8 Å².